The first-order valence-corrected chi connectivity index (χ1v) is 7.57. The summed E-state index contributed by atoms with van der Waals surface area (Å²) in [6, 6.07) is 0. The molecule has 110 valence electrons. The maximum atomic E-state index is 9.88. The maximum Gasteiger partial charge on any atom is 0.313 e. The number of nitrogens with zero attached hydrogens (tertiary/aromatic N) is 1. The predicted octanol–water partition coefficient (Wildman–Crippen LogP) is 3.25. The SMILES string of the molecule is CCCCCCCCCCCC(O)(O)[N+](C)(C)C. The lowest BCUT2D eigenvalue weighted by atomic mass is 10.1. The molecule has 2 N–H and O–H groups in total. The van der Waals surface area contributed by atoms with Crippen molar-refractivity contribution >= 4 is 0 Å². The van der Waals surface area contributed by atoms with E-state index >= 15 is 0 Å². The first-order chi connectivity index (χ1) is 8.31. The lowest BCUT2D eigenvalue weighted by molar-refractivity contribution is -0.979. The molecule has 0 saturated carbocycles. The van der Waals surface area contributed by atoms with Gasteiger partial charge in [0.15, 0.2) is 0 Å². The molecule has 0 aliphatic rings. The van der Waals surface area contributed by atoms with Gasteiger partial charge in [-0.25, -0.2) is 0 Å². The van der Waals surface area contributed by atoms with Crippen LogP contribution in [0.25, 0.3) is 0 Å². The summed E-state index contributed by atoms with van der Waals surface area (Å²) in [5, 5.41) is 19.8. The summed E-state index contributed by atoms with van der Waals surface area (Å²) < 4.78 is 0.185. The van der Waals surface area contributed by atoms with E-state index in [1.54, 1.807) is 0 Å². The van der Waals surface area contributed by atoms with Crippen molar-refractivity contribution in [1.82, 2.24) is 0 Å². The highest BCUT2D eigenvalue weighted by molar-refractivity contribution is 4.53. The lowest BCUT2D eigenvalue weighted by Crippen LogP contribution is -2.57. The molecule has 0 aliphatic heterocycles. The Morgan fingerprint density at radius 1 is 0.722 bits per heavy atom. The van der Waals surface area contributed by atoms with E-state index in [0.29, 0.717) is 6.42 Å². The van der Waals surface area contributed by atoms with Gasteiger partial charge in [0.25, 0.3) is 0 Å². The molecule has 0 rings (SSSR count). The number of unbranched alkanes of at least 4 members (excludes halogenated alkanes) is 8. The average molecular weight is 260 g/mol. The Labute approximate surface area is 113 Å². The molecular weight excluding hydrogens is 226 g/mol. The van der Waals surface area contributed by atoms with Crippen LogP contribution < -0.4 is 0 Å². The third-order valence-electron chi connectivity index (χ3n) is 3.69. The fraction of sp³-hybridized carbons (Fsp3) is 1.00. The van der Waals surface area contributed by atoms with Crippen LogP contribution in [0.1, 0.15) is 71.1 Å². The number of hydrogen-bond donors (Lipinski definition) is 2. The van der Waals surface area contributed by atoms with Gasteiger partial charge >= 0.3 is 5.91 Å². The second-order valence-electron chi connectivity index (χ2n) is 6.37. The van der Waals surface area contributed by atoms with Gasteiger partial charge < -0.3 is 10.2 Å². The Balaban J connectivity index is 3.41. The largest absolute Gasteiger partial charge is 0.319 e. The molecule has 0 atom stereocenters. The molecule has 0 spiro atoms. The van der Waals surface area contributed by atoms with Crippen LogP contribution in [0.5, 0.6) is 0 Å². The summed E-state index contributed by atoms with van der Waals surface area (Å²) in [6.07, 6.45) is 11.7. The van der Waals surface area contributed by atoms with Gasteiger partial charge in [-0.3, -0.25) is 4.48 Å². The van der Waals surface area contributed by atoms with Crippen molar-refractivity contribution in [2.75, 3.05) is 21.1 Å². The monoisotopic (exact) mass is 260 g/mol. The number of hydrogen-bond acceptors (Lipinski definition) is 2. The van der Waals surface area contributed by atoms with E-state index in [-0.39, 0.29) is 4.48 Å². The highest BCUT2D eigenvalue weighted by atomic mass is 16.5. The van der Waals surface area contributed by atoms with Gasteiger partial charge in [0.2, 0.25) is 0 Å². The molecular formula is C15H34NO2+. The van der Waals surface area contributed by atoms with Crippen LogP contribution in [0.4, 0.5) is 0 Å². The van der Waals surface area contributed by atoms with Gasteiger partial charge in [-0.2, -0.15) is 0 Å². The van der Waals surface area contributed by atoms with Crippen LogP contribution in [-0.2, 0) is 0 Å². The van der Waals surface area contributed by atoms with Gasteiger partial charge in [0.1, 0.15) is 0 Å². The molecule has 0 aromatic rings. The molecule has 0 aromatic heterocycles. The minimum absolute atomic E-state index is 0.185. The fourth-order valence-corrected chi connectivity index (χ4v) is 2.01. The normalized spacial score (nSPS) is 13.0. The number of aliphatic hydroxyl groups is 2. The molecule has 0 unspecified atom stereocenters. The molecule has 0 saturated heterocycles. The van der Waals surface area contributed by atoms with Crippen molar-refractivity contribution in [1.29, 1.82) is 0 Å². The number of rotatable bonds is 11. The van der Waals surface area contributed by atoms with Gasteiger partial charge in [-0.05, 0) is 6.42 Å². The minimum atomic E-state index is -1.58. The second kappa shape index (κ2) is 8.89. The van der Waals surface area contributed by atoms with Crippen molar-refractivity contribution in [2.24, 2.45) is 0 Å². The summed E-state index contributed by atoms with van der Waals surface area (Å²) in [5.74, 6) is -1.58. The zero-order valence-corrected chi connectivity index (χ0v) is 12.9. The maximum absolute atomic E-state index is 9.88. The summed E-state index contributed by atoms with van der Waals surface area (Å²) in [6.45, 7) is 2.24. The van der Waals surface area contributed by atoms with Gasteiger partial charge in [-0.1, -0.05) is 58.3 Å². The molecule has 0 radical (unpaired) electrons. The Bertz CT molecular complexity index is 197. The van der Waals surface area contributed by atoms with Crippen LogP contribution in [0.15, 0.2) is 0 Å². The van der Waals surface area contributed by atoms with Gasteiger partial charge in [0.05, 0.1) is 27.6 Å². The lowest BCUT2D eigenvalue weighted by Gasteiger charge is -2.37. The van der Waals surface area contributed by atoms with E-state index in [2.05, 4.69) is 6.92 Å². The zero-order valence-electron chi connectivity index (χ0n) is 12.9. The van der Waals surface area contributed by atoms with Crippen molar-refractivity contribution in [3.63, 3.8) is 0 Å². The Kier molecular flexibility index (Phi) is 8.83. The third-order valence-corrected chi connectivity index (χ3v) is 3.69. The smallest absolute Gasteiger partial charge is 0.313 e. The quantitative estimate of drug-likeness (QED) is 0.340. The van der Waals surface area contributed by atoms with Crippen LogP contribution in [-0.4, -0.2) is 41.8 Å². The minimum Gasteiger partial charge on any atom is -0.319 e. The number of quaternary nitrogens is 1. The van der Waals surface area contributed by atoms with Crippen molar-refractivity contribution < 1.29 is 14.7 Å². The molecule has 3 nitrogen and oxygen atoms in total. The zero-order chi connectivity index (χ0) is 14.1. The summed E-state index contributed by atoms with van der Waals surface area (Å²) >= 11 is 0. The van der Waals surface area contributed by atoms with E-state index in [1.165, 1.54) is 44.9 Å². The third kappa shape index (κ3) is 8.06. The summed E-state index contributed by atoms with van der Waals surface area (Å²) in [7, 11) is 5.44. The molecule has 0 aromatic carbocycles. The fourth-order valence-electron chi connectivity index (χ4n) is 2.01. The molecule has 0 amide bonds. The van der Waals surface area contributed by atoms with Crippen molar-refractivity contribution in [3.8, 4) is 0 Å². The highest BCUT2D eigenvalue weighted by Crippen LogP contribution is 2.20. The summed E-state index contributed by atoms with van der Waals surface area (Å²) in [4.78, 5) is 0. The van der Waals surface area contributed by atoms with Crippen molar-refractivity contribution in [2.45, 2.75) is 77.0 Å². The van der Waals surface area contributed by atoms with Crippen LogP contribution in [0.3, 0.4) is 0 Å². The van der Waals surface area contributed by atoms with Crippen molar-refractivity contribution in [3.05, 3.63) is 0 Å². The van der Waals surface area contributed by atoms with Crippen LogP contribution >= 0.6 is 0 Å². The Hall–Kier alpha value is -0.120. The molecule has 3 heteroatoms. The van der Waals surface area contributed by atoms with Crippen LogP contribution in [0.2, 0.25) is 0 Å². The molecule has 18 heavy (non-hydrogen) atoms. The Morgan fingerprint density at radius 3 is 1.50 bits per heavy atom. The van der Waals surface area contributed by atoms with Crippen LogP contribution in [0, 0.1) is 0 Å². The molecule has 0 heterocycles. The van der Waals surface area contributed by atoms with E-state index in [4.69, 9.17) is 0 Å². The van der Waals surface area contributed by atoms with E-state index in [0.717, 1.165) is 12.8 Å². The standard InChI is InChI=1S/C15H34NO2/c1-5-6-7-8-9-10-11-12-13-14-15(17,18)16(2,3)4/h17-18H,5-14H2,1-4H3/q+1. The van der Waals surface area contributed by atoms with Gasteiger partial charge in [-0.15, -0.1) is 0 Å². The van der Waals surface area contributed by atoms with Gasteiger partial charge in [0, 0.05) is 0 Å². The first kappa shape index (κ1) is 17.9. The second-order valence-corrected chi connectivity index (χ2v) is 6.37. The topological polar surface area (TPSA) is 40.5 Å². The van der Waals surface area contributed by atoms with E-state index in [1.807, 2.05) is 21.1 Å². The predicted molar refractivity (Wildman–Crippen MR) is 77.0 cm³/mol. The Morgan fingerprint density at radius 2 is 1.11 bits per heavy atom. The molecule has 0 aliphatic carbocycles. The highest BCUT2D eigenvalue weighted by Gasteiger charge is 2.37. The molecule has 0 bridgehead atoms. The average Bonchev–Trinajstić information content (AvgIpc) is 2.25. The molecule has 0 fully saturated rings. The first-order valence-electron chi connectivity index (χ1n) is 7.57. The van der Waals surface area contributed by atoms with E-state index in [9.17, 15) is 10.2 Å². The summed E-state index contributed by atoms with van der Waals surface area (Å²) in [5.41, 5.74) is 0. The van der Waals surface area contributed by atoms with E-state index < -0.39 is 5.91 Å².